The second-order valence-corrected chi connectivity index (χ2v) is 2.64. The maximum Gasteiger partial charge on any atom is 0.412 e. The zero-order valence-corrected chi connectivity index (χ0v) is 8.08. The molecule has 5 heteroatoms. The van der Waals surface area contributed by atoms with Crippen molar-refractivity contribution in [3.63, 3.8) is 0 Å². The Morgan fingerprint density at radius 1 is 0.917 bits per heavy atom. The lowest BCUT2D eigenvalue weighted by Gasteiger charge is -2.32. The molecule has 0 radical (unpaired) electrons. The molecule has 0 aliphatic heterocycles. The molecule has 1 N–H and O–H groups in total. The van der Waals surface area contributed by atoms with Gasteiger partial charge in [-0.3, -0.25) is 4.74 Å². The van der Waals surface area contributed by atoms with E-state index in [1.807, 2.05) is 0 Å². The lowest BCUT2D eigenvalue weighted by Crippen LogP contribution is -2.45. The van der Waals surface area contributed by atoms with Crippen LogP contribution in [0.1, 0.15) is 13.8 Å². The zero-order valence-electron chi connectivity index (χ0n) is 8.08. The molecular formula is C7H16O5. The molecule has 0 saturated carbocycles. The first-order valence-electron chi connectivity index (χ1n) is 3.47. The van der Waals surface area contributed by atoms with Gasteiger partial charge in [0.1, 0.15) is 0 Å². The van der Waals surface area contributed by atoms with Crippen LogP contribution in [0.5, 0.6) is 0 Å². The predicted molar refractivity (Wildman–Crippen MR) is 41.1 cm³/mol. The van der Waals surface area contributed by atoms with Crippen LogP contribution in [0.15, 0.2) is 0 Å². The van der Waals surface area contributed by atoms with Crippen LogP contribution >= 0.6 is 0 Å². The molecule has 0 heterocycles. The molecule has 0 aromatic carbocycles. The van der Waals surface area contributed by atoms with Gasteiger partial charge < -0.3 is 19.3 Å². The topological polar surface area (TPSA) is 57.2 Å². The Morgan fingerprint density at radius 3 is 1.58 bits per heavy atom. The molecule has 0 bridgehead atoms. The monoisotopic (exact) mass is 180 g/mol. The lowest BCUT2D eigenvalue weighted by atomic mass is 10.4. The normalized spacial score (nSPS) is 13.5. The molecule has 0 unspecified atom stereocenters. The van der Waals surface area contributed by atoms with Crippen molar-refractivity contribution in [1.29, 1.82) is 0 Å². The Morgan fingerprint density at radius 2 is 1.33 bits per heavy atom. The molecule has 0 fully saturated rings. The van der Waals surface area contributed by atoms with Crippen molar-refractivity contribution in [2.45, 2.75) is 25.8 Å². The minimum absolute atomic E-state index is 0.971. The van der Waals surface area contributed by atoms with Crippen molar-refractivity contribution in [3.8, 4) is 0 Å². The summed E-state index contributed by atoms with van der Waals surface area (Å²) in [5, 5.41) is 9.35. The van der Waals surface area contributed by atoms with E-state index in [-0.39, 0.29) is 0 Å². The molecule has 0 saturated heterocycles. The molecule has 0 aromatic heterocycles. The summed E-state index contributed by atoms with van der Waals surface area (Å²) in [6.45, 7) is 3.24. The fourth-order valence-corrected chi connectivity index (χ4v) is 0.519. The lowest BCUT2D eigenvalue weighted by molar-refractivity contribution is -0.513. The molecule has 0 aromatic rings. The number of hydrogen-bond donors (Lipinski definition) is 1. The van der Waals surface area contributed by atoms with E-state index in [1.165, 1.54) is 21.3 Å². The molecule has 0 atom stereocenters. The number of methoxy groups -OCH3 is 3. The largest absolute Gasteiger partial charge is 0.412 e. The minimum Gasteiger partial charge on any atom is -0.353 e. The Kier molecular flexibility index (Phi) is 4.09. The molecule has 0 spiro atoms. The van der Waals surface area contributed by atoms with Crippen LogP contribution in [-0.4, -0.2) is 38.4 Å². The maximum atomic E-state index is 9.35. The molecule has 74 valence electrons. The molecule has 12 heavy (non-hydrogen) atoms. The highest BCUT2D eigenvalue weighted by atomic mass is 17.0. The van der Waals surface area contributed by atoms with E-state index in [9.17, 15) is 5.11 Å². The van der Waals surface area contributed by atoms with Crippen LogP contribution in [0.25, 0.3) is 0 Å². The first-order chi connectivity index (χ1) is 5.39. The Hall–Kier alpha value is -0.200. The third-order valence-corrected chi connectivity index (χ3v) is 1.38. The highest BCUT2D eigenvalue weighted by Crippen LogP contribution is 2.19. The van der Waals surface area contributed by atoms with Gasteiger partial charge in [0.05, 0.1) is 0 Å². The van der Waals surface area contributed by atoms with E-state index in [2.05, 4.69) is 9.47 Å². The molecule has 0 rings (SSSR count). The maximum absolute atomic E-state index is 9.35. The molecule has 0 aliphatic carbocycles. The SMILES string of the molecule is COC(C)(C)OC(O)(OC)OC. The van der Waals surface area contributed by atoms with E-state index in [4.69, 9.17) is 9.47 Å². The van der Waals surface area contributed by atoms with Crippen LogP contribution in [-0.2, 0) is 18.9 Å². The summed E-state index contributed by atoms with van der Waals surface area (Å²) in [4.78, 5) is 0. The van der Waals surface area contributed by atoms with Crippen molar-refractivity contribution in [1.82, 2.24) is 0 Å². The van der Waals surface area contributed by atoms with E-state index >= 15 is 0 Å². The van der Waals surface area contributed by atoms with Gasteiger partial charge in [0.25, 0.3) is 0 Å². The van der Waals surface area contributed by atoms with Gasteiger partial charge in [0, 0.05) is 21.3 Å². The second kappa shape index (κ2) is 4.15. The van der Waals surface area contributed by atoms with Crippen LogP contribution < -0.4 is 0 Å². The number of hydrogen-bond acceptors (Lipinski definition) is 5. The predicted octanol–water partition coefficient (Wildman–Crippen LogP) is 0.282. The van der Waals surface area contributed by atoms with E-state index in [1.54, 1.807) is 13.8 Å². The minimum atomic E-state index is -2.06. The number of aliphatic hydroxyl groups is 1. The Bertz CT molecular complexity index is 130. The average Bonchev–Trinajstić information content (AvgIpc) is 2.04. The first-order valence-corrected chi connectivity index (χ1v) is 3.47. The van der Waals surface area contributed by atoms with Crippen molar-refractivity contribution < 1.29 is 24.1 Å². The standard InChI is InChI=1S/C7H16O5/c1-6(2,9-3)12-7(8,10-4)11-5/h8H,1-5H3. The van der Waals surface area contributed by atoms with E-state index < -0.39 is 11.9 Å². The third kappa shape index (κ3) is 3.46. The summed E-state index contributed by atoms with van der Waals surface area (Å²) in [6.07, 6.45) is -2.06. The average molecular weight is 180 g/mol. The summed E-state index contributed by atoms with van der Waals surface area (Å²) in [7, 11) is 3.97. The van der Waals surface area contributed by atoms with Crippen molar-refractivity contribution in [2.75, 3.05) is 21.3 Å². The second-order valence-electron chi connectivity index (χ2n) is 2.64. The molecular weight excluding hydrogens is 164 g/mol. The van der Waals surface area contributed by atoms with E-state index in [0.29, 0.717) is 0 Å². The van der Waals surface area contributed by atoms with Gasteiger partial charge in [0.15, 0.2) is 5.79 Å². The van der Waals surface area contributed by atoms with Gasteiger partial charge in [-0.05, 0) is 13.8 Å². The van der Waals surface area contributed by atoms with Gasteiger partial charge in [-0.1, -0.05) is 0 Å². The first kappa shape index (κ1) is 11.8. The summed E-state index contributed by atoms with van der Waals surface area (Å²) in [5.41, 5.74) is 0. The summed E-state index contributed by atoms with van der Waals surface area (Å²) >= 11 is 0. The molecule has 0 aliphatic rings. The van der Waals surface area contributed by atoms with Gasteiger partial charge in [-0.2, -0.15) is 0 Å². The fraction of sp³-hybridized carbons (Fsp3) is 1.00. The van der Waals surface area contributed by atoms with Gasteiger partial charge >= 0.3 is 6.16 Å². The van der Waals surface area contributed by atoms with Crippen molar-refractivity contribution in [2.24, 2.45) is 0 Å². The molecule has 0 amide bonds. The Balaban J connectivity index is 4.20. The van der Waals surface area contributed by atoms with Crippen LogP contribution in [0.2, 0.25) is 0 Å². The summed E-state index contributed by atoms with van der Waals surface area (Å²) < 4.78 is 19.0. The highest BCUT2D eigenvalue weighted by molar-refractivity contribution is 4.53. The van der Waals surface area contributed by atoms with Gasteiger partial charge in [-0.25, -0.2) is 0 Å². The smallest absolute Gasteiger partial charge is 0.353 e. The fourth-order valence-electron chi connectivity index (χ4n) is 0.519. The van der Waals surface area contributed by atoms with Crippen molar-refractivity contribution in [3.05, 3.63) is 0 Å². The van der Waals surface area contributed by atoms with Crippen LogP contribution in [0, 0.1) is 0 Å². The van der Waals surface area contributed by atoms with Gasteiger partial charge in [0.2, 0.25) is 0 Å². The summed E-state index contributed by atoms with van der Waals surface area (Å²) in [6, 6.07) is 0. The molecule has 5 nitrogen and oxygen atoms in total. The van der Waals surface area contributed by atoms with E-state index in [0.717, 1.165) is 0 Å². The van der Waals surface area contributed by atoms with Crippen LogP contribution in [0.3, 0.4) is 0 Å². The highest BCUT2D eigenvalue weighted by Gasteiger charge is 2.36. The summed E-state index contributed by atoms with van der Waals surface area (Å²) in [5.74, 6) is -0.971. The van der Waals surface area contributed by atoms with Crippen LogP contribution in [0.4, 0.5) is 0 Å². The number of rotatable bonds is 5. The quantitative estimate of drug-likeness (QED) is 0.616. The van der Waals surface area contributed by atoms with Crippen molar-refractivity contribution >= 4 is 0 Å². The Labute approximate surface area is 72.2 Å². The van der Waals surface area contributed by atoms with Gasteiger partial charge in [-0.15, -0.1) is 0 Å². The number of ether oxygens (including phenoxy) is 4. The zero-order chi connectivity index (χ0) is 9.83. The third-order valence-electron chi connectivity index (χ3n) is 1.38.